The summed E-state index contributed by atoms with van der Waals surface area (Å²) in [6, 6.07) is 3.37. The summed E-state index contributed by atoms with van der Waals surface area (Å²) in [5.41, 5.74) is 0.781. The Morgan fingerprint density at radius 2 is 2.27 bits per heavy atom. The van der Waals surface area contributed by atoms with Gasteiger partial charge in [-0.15, -0.1) is 12.3 Å². The first kappa shape index (κ1) is 11.7. The highest BCUT2D eigenvalue weighted by Gasteiger charge is 2.12. The van der Waals surface area contributed by atoms with Gasteiger partial charge in [0.05, 0.1) is 17.9 Å². The highest BCUT2D eigenvalue weighted by atomic mass is 19.1. The minimum Gasteiger partial charge on any atom is -0.306 e. The van der Waals surface area contributed by atoms with Gasteiger partial charge in [0, 0.05) is 12.5 Å². The first-order chi connectivity index (χ1) is 7.13. The van der Waals surface area contributed by atoms with E-state index in [1.54, 1.807) is 6.07 Å². The van der Waals surface area contributed by atoms with E-state index in [9.17, 15) is 4.39 Å². The third-order valence-corrected chi connectivity index (χ3v) is 1.96. The number of rotatable bonds is 4. The average Bonchev–Trinajstić information content (AvgIpc) is 2.17. The van der Waals surface area contributed by atoms with Crippen molar-refractivity contribution in [1.29, 1.82) is 0 Å². The van der Waals surface area contributed by atoms with Crippen LogP contribution in [0.2, 0.25) is 0 Å². The lowest BCUT2D eigenvalue weighted by molar-refractivity contribution is 0.474. The number of hydrogen-bond acceptors (Lipinski definition) is 2. The number of aromatic nitrogens is 1. The smallest absolute Gasteiger partial charge is 0.141 e. The second-order valence-corrected chi connectivity index (χ2v) is 3.68. The van der Waals surface area contributed by atoms with Crippen molar-refractivity contribution in [1.82, 2.24) is 10.3 Å². The number of terminal acetylenes is 1. The van der Waals surface area contributed by atoms with Crippen LogP contribution in [0.15, 0.2) is 18.3 Å². The first-order valence-corrected chi connectivity index (χ1v) is 4.94. The third-order valence-electron chi connectivity index (χ3n) is 1.96. The van der Waals surface area contributed by atoms with Crippen LogP contribution in [0.25, 0.3) is 0 Å². The van der Waals surface area contributed by atoms with Crippen LogP contribution in [-0.4, -0.2) is 11.0 Å². The standard InChI is InChI=1S/C12H15FN2/c1-4-5-12(15-9(2)3)11-7-6-10(13)8-14-11/h1,6-9,12,15H,5H2,2-3H3. The summed E-state index contributed by atoms with van der Waals surface area (Å²) in [4.78, 5) is 4.02. The molecule has 1 atom stereocenters. The normalized spacial score (nSPS) is 12.5. The summed E-state index contributed by atoms with van der Waals surface area (Å²) in [5.74, 6) is 2.26. The zero-order valence-electron chi connectivity index (χ0n) is 9.00. The Morgan fingerprint density at radius 3 is 2.73 bits per heavy atom. The maximum atomic E-state index is 12.7. The van der Waals surface area contributed by atoms with Crippen LogP contribution in [-0.2, 0) is 0 Å². The van der Waals surface area contributed by atoms with Gasteiger partial charge in [-0.2, -0.15) is 0 Å². The van der Waals surface area contributed by atoms with Gasteiger partial charge in [0.1, 0.15) is 5.82 Å². The van der Waals surface area contributed by atoms with Gasteiger partial charge >= 0.3 is 0 Å². The topological polar surface area (TPSA) is 24.9 Å². The lowest BCUT2D eigenvalue weighted by atomic mass is 10.1. The Morgan fingerprint density at radius 1 is 1.53 bits per heavy atom. The highest BCUT2D eigenvalue weighted by molar-refractivity contribution is 5.12. The van der Waals surface area contributed by atoms with Crippen molar-refractivity contribution >= 4 is 0 Å². The van der Waals surface area contributed by atoms with E-state index >= 15 is 0 Å². The van der Waals surface area contributed by atoms with Gasteiger partial charge in [0.15, 0.2) is 0 Å². The van der Waals surface area contributed by atoms with Crippen LogP contribution >= 0.6 is 0 Å². The van der Waals surface area contributed by atoms with Crippen LogP contribution in [0.5, 0.6) is 0 Å². The van der Waals surface area contributed by atoms with Gasteiger partial charge < -0.3 is 5.32 Å². The van der Waals surface area contributed by atoms with Crippen LogP contribution in [0.1, 0.15) is 32.0 Å². The van der Waals surface area contributed by atoms with E-state index in [0.717, 1.165) is 5.69 Å². The maximum Gasteiger partial charge on any atom is 0.141 e. The summed E-state index contributed by atoms with van der Waals surface area (Å²) < 4.78 is 12.7. The van der Waals surface area contributed by atoms with E-state index in [4.69, 9.17) is 6.42 Å². The summed E-state index contributed by atoms with van der Waals surface area (Å²) in [5, 5.41) is 3.29. The Balaban J connectivity index is 2.80. The SMILES string of the molecule is C#CCC(NC(C)C)c1ccc(F)cn1. The fourth-order valence-electron chi connectivity index (χ4n) is 1.36. The molecule has 1 heterocycles. The molecular formula is C12H15FN2. The van der Waals surface area contributed by atoms with E-state index in [1.165, 1.54) is 12.3 Å². The monoisotopic (exact) mass is 206 g/mol. The quantitative estimate of drug-likeness (QED) is 0.764. The summed E-state index contributed by atoms with van der Waals surface area (Å²) in [6.07, 6.45) is 7.04. The van der Waals surface area contributed by atoms with Crippen molar-refractivity contribution in [2.24, 2.45) is 0 Å². The molecule has 3 heteroatoms. The molecule has 0 saturated heterocycles. The largest absolute Gasteiger partial charge is 0.306 e. The molecule has 15 heavy (non-hydrogen) atoms. The molecular weight excluding hydrogens is 191 g/mol. The molecule has 1 aromatic heterocycles. The van der Waals surface area contributed by atoms with Crippen molar-refractivity contribution in [2.45, 2.75) is 32.4 Å². The van der Waals surface area contributed by atoms with E-state index in [0.29, 0.717) is 12.5 Å². The van der Waals surface area contributed by atoms with Gasteiger partial charge in [-0.3, -0.25) is 4.98 Å². The molecule has 1 aromatic rings. The molecule has 0 aliphatic heterocycles. The van der Waals surface area contributed by atoms with Gasteiger partial charge in [-0.05, 0) is 12.1 Å². The van der Waals surface area contributed by atoms with Crippen LogP contribution in [0.3, 0.4) is 0 Å². The average molecular weight is 206 g/mol. The second kappa shape index (κ2) is 5.47. The van der Waals surface area contributed by atoms with Crippen molar-refractivity contribution in [3.05, 3.63) is 29.8 Å². The van der Waals surface area contributed by atoms with E-state index < -0.39 is 0 Å². The van der Waals surface area contributed by atoms with Crippen LogP contribution in [0, 0.1) is 18.2 Å². The lowest BCUT2D eigenvalue weighted by Crippen LogP contribution is -2.28. The third kappa shape index (κ3) is 3.69. The molecule has 80 valence electrons. The predicted molar refractivity (Wildman–Crippen MR) is 58.7 cm³/mol. The summed E-state index contributed by atoms with van der Waals surface area (Å²) in [7, 11) is 0. The number of halogens is 1. The van der Waals surface area contributed by atoms with Crippen molar-refractivity contribution in [3.8, 4) is 12.3 Å². The van der Waals surface area contributed by atoms with Crippen LogP contribution < -0.4 is 5.32 Å². The molecule has 0 spiro atoms. The molecule has 0 aromatic carbocycles. The van der Waals surface area contributed by atoms with E-state index in [-0.39, 0.29) is 11.9 Å². The second-order valence-electron chi connectivity index (χ2n) is 3.68. The minimum absolute atomic E-state index is 0.00407. The van der Waals surface area contributed by atoms with E-state index in [2.05, 4.69) is 16.2 Å². The first-order valence-electron chi connectivity index (χ1n) is 4.94. The molecule has 1 rings (SSSR count). The minimum atomic E-state index is -0.331. The number of pyridine rings is 1. The Kier molecular flexibility index (Phi) is 4.26. The Hall–Kier alpha value is -1.40. The van der Waals surface area contributed by atoms with Crippen molar-refractivity contribution in [3.63, 3.8) is 0 Å². The van der Waals surface area contributed by atoms with Gasteiger partial charge in [-0.1, -0.05) is 13.8 Å². The molecule has 0 fully saturated rings. The Labute approximate surface area is 89.9 Å². The van der Waals surface area contributed by atoms with Gasteiger partial charge in [0.2, 0.25) is 0 Å². The number of nitrogens with one attached hydrogen (secondary N) is 1. The zero-order valence-corrected chi connectivity index (χ0v) is 9.00. The fraction of sp³-hybridized carbons (Fsp3) is 0.417. The predicted octanol–water partition coefficient (Wildman–Crippen LogP) is 2.28. The summed E-state index contributed by atoms with van der Waals surface area (Å²) >= 11 is 0. The molecule has 0 radical (unpaired) electrons. The maximum absolute atomic E-state index is 12.7. The molecule has 0 bridgehead atoms. The molecule has 1 unspecified atom stereocenters. The zero-order chi connectivity index (χ0) is 11.3. The molecule has 0 aliphatic carbocycles. The number of hydrogen-bond donors (Lipinski definition) is 1. The number of nitrogens with zero attached hydrogens (tertiary/aromatic N) is 1. The van der Waals surface area contributed by atoms with Crippen molar-refractivity contribution in [2.75, 3.05) is 0 Å². The molecule has 2 nitrogen and oxygen atoms in total. The fourth-order valence-corrected chi connectivity index (χ4v) is 1.36. The van der Waals surface area contributed by atoms with Gasteiger partial charge in [-0.25, -0.2) is 4.39 Å². The molecule has 0 amide bonds. The highest BCUT2D eigenvalue weighted by Crippen LogP contribution is 2.14. The van der Waals surface area contributed by atoms with Crippen LogP contribution in [0.4, 0.5) is 4.39 Å². The Bertz CT molecular complexity index is 338. The summed E-state index contributed by atoms with van der Waals surface area (Å²) in [6.45, 7) is 4.07. The van der Waals surface area contributed by atoms with Gasteiger partial charge in [0.25, 0.3) is 0 Å². The van der Waals surface area contributed by atoms with E-state index in [1.807, 2.05) is 13.8 Å². The lowest BCUT2D eigenvalue weighted by Gasteiger charge is -2.18. The molecule has 0 saturated carbocycles. The van der Waals surface area contributed by atoms with Crippen molar-refractivity contribution < 1.29 is 4.39 Å². The molecule has 1 N–H and O–H groups in total. The molecule has 0 aliphatic rings.